The van der Waals surface area contributed by atoms with Gasteiger partial charge in [0.1, 0.15) is 0 Å². The zero-order valence-corrected chi connectivity index (χ0v) is 18.5. The number of unbranched alkanes of at least 4 members (excludes halogenated alkanes) is 1. The van der Waals surface area contributed by atoms with Gasteiger partial charge in [-0.25, -0.2) is 9.97 Å². The maximum atomic E-state index is 12.3. The van der Waals surface area contributed by atoms with Gasteiger partial charge >= 0.3 is 0 Å². The molecule has 1 aromatic heterocycles. The number of rotatable bonds is 10. The second-order valence-corrected chi connectivity index (χ2v) is 8.38. The van der Waals surface area contributed by atoms with Crippen LogP contribution in [0.3, 0.4) is 0 Å². The summed E-state index contributed by atoms with van der Waals surface area (Å²) in [6.45, 7) is 4.06. The summed E-state index contributed by atoms with van der Waals surface area (Å²) >= 11 is 5.81. The quantitative estimate of drug-likeness (QED) is 0.300. The van der Waals surface area contributed by atoms with Crippen LogP contribution < -0.4 is 16.8 Å². The minimum absolute atomic E-state index is 0.00984. The lowest BCUT2D eigenvalue weighted by Crippen LogP contribution is -2.46. The number of ketones is 1. The highest BCUT2D eigenvalue weighted by Gasteiger charge is 2.19. The molecule has 1 heterocycles. The Kier molecular flexibility index (Phi) is 8.14. The highest BCUT2D eigenvalue weighted by molar-refractivity contribution is 6.31. The van der Waals surface area contributed by atoms with Gasteiger partial charge in [0, 0.05) is 12.0 Å². The monoisotopic (exact) mass is 433 g/mol. The maximum absolute atomic E-state index is 12.3. The van der Waals surface area contributed by atoms with E-state index in [4.69, 9.17) is 23.1 Å². The first-order chi connectivity index (χ1) is 14.1. The predicted octanol–water partition coefficient (Wildman–Crippen LogP) is 2.46. The van der Waals surface area contributed by atoms with E-state index in [1.807, 2.05) is 31.2 Å². The zero-order chi connectivity index (χ0) is 22.3. The Morgan fingerprint density at radius 3 is 2.37 bits per heavy atom. The summed E-state index contributed by atoms with van der Waals surface area (Å²) in [4.78, 5) is 32.2. The zero-order valence-electron chi connectivity index (χ0n) is 17.7. The Morgan fingerprint density at radius 1 is 1.03 bits per heavy atom. The number of hydrogen-bond acceptors (Lipinski definition) is 6. The van der Waals surface area contributed by atoms with Crippen LogP contribution in [0.15, 0.2) is 24.3 Å². The van der Waals surface area contributed by atoms with Gasteiger partial charge in [0.15, 0.2) is 28.3 Å². The van der Waals surface area contributed by atoms with Gasteiger partial charge in [0.2, 0.25) is 0 Å². The first-order valence-corrected chi connectivity index (χ1v) is 10.3. The van der Waals surface area contributed by atoms with Crippen LogP contribution in [0.5, 0.6) is 0 Å². The number of likely N-dealkylation sites (N-methyl/N-ethyl adjacent to an activating group) is 1. The SMILES string of the molecule is Cc1ccc(C(=O)CCCC[N+](C)(C)CCNC(=O)c2nc(Cl)c(N)nc2N)cc1. The lowest BCUT2D eigenvalue weighted by molar-refractivity contribution is -0.889. The number of nitrogens with one attached hydrogen (secondary N) is 1. The van der Waals surface area contributed by atoms with E-state index in [0.29, 0.717) is 24.0 Å². The minimum atomic E-state index is -0.439. The highest BCUT2D eigenvalue weighted by atomic mass is 35.5. The average Bonchev–Trinajstić information content (AvgIpc) is 2.68. The molecule has 30 heavy (non-hydrogen) atoms. The summed E-state index contributed by atoms with van der Waals surface area (Å²) < 4.78 is 0.711. The molecule has 0 bridgehead atoms. The van der Waals surface area contributed by atoms with E-state index >= 15 is 0 Å². The van der Waals surface area contributed by atoms with Crippen LogP contribution in [-0.2, 0) is 0 Å². The molecule has 2 rings (SSSR count). The van der Waals surface area contributed by atoms with Crippen LogP contribution in [0.25, 0.3) is 0 Å². The lowest BCUT2D eigenvalue weighted by atomic mass is 10.0. The number of nitrogens with zero attached hydrogens (tertiary/aromatic N) is 3. The number of Topliss-reactive ketones (excluding diaryl/α,β-unsaturated/α-hetero) is 1. The molecule has 9 heteroatoms. The molecule has 1 amide bonds. The van der Waals surface area contributed by atoms with Crippen molar-refractivity contribution in [3.05, 3.63) is 46.2 Å². The molecule has 5 N–H and O–H groups in total. The summed E-state index contributed by atoms with van der Waals surface area (Å²) in [7, 11) is 4.17. The third-order valence-corrected chi connectivity index (χ3v) is 5.19. The van der Waals surface area contributed by atoms with Crippen molar-refractivity contribution in [3.63, 3.8) is 0 Å². The average molecular weight is 434 g/mol. The number of aryl methyl sites for hydroxylation is 1. The summed E-state index contributed by atoms with van der Waals surface area (Å²) in [6, 6.07) is 7.68. The molecule has 0 aliphatic heterocycles. The molecular formula is C21H30ClN6O2+. The number of quaternary nitrogens is 1. The second kappa shape index (κ2) is 10.4. The number of nitrogens with two attached hydrogens (primary N) is 2. The number of carbonyl (C=O) groups excluding carboxylic acids is 2. The fourth-order valence-electron chi connectivity index (χ4n) is 2.99. The molecule has 2 aromatic rings. The fourth-order valence-corrected chi connectivity index (χ4v) is 3.11. The number of amides is 1. The predicted molar refractivity (Wildman–Crippen MR) is 119 cm³/mol. The van der Waals surface area contributed by atoms with Crippen molar-refractivity contribution < 1.29 is 14.1 Å². The number of carbonyl (C=O) groups is 2. The normalized spacial score (nSPS) is 11.3. The molecule has 0 atom stereocenters. The third kappa shape index (κ3) is 6.96. The minimum Gasteiger partial charge on any atom is -0.382 e. The molecule has 0 fully saturated rings. The Balaban J connectivity index is 1.72. The van der Waals surface area contributed by atoms with Gasteiger partial charge in [0.25, 0.3) is 5.91 Å². The second-order valence-electron chi connectivity index (χ2n) is 8.02. The number of benzene rings is 1. The molecule has 8 nitrogen and oxygen atoms in total. The van der Waals surface area contributed by atoms with E-state index < -0.39 is 5.91 Å². The molecular weight excluding hydrogens is 404 g/mol. The molecule has 162 valence electrons. The van der Waals surface area contributed by atoms with Gasteiger partial charge in [-0.3, -0.25) is 9.59 Å². The van der Waals surface area contributed by atoms with E-state index in [0.717, 1.165) is 30.5 Å². The highest BCUT2D eigenvalue weighted by Crippen LogP contribution is 2.17. The Morgan fingerprint density at radius 2 is 1.70 bits per heavy atom. The largest absolute Gasteiger partial charge is 0.382 e. The van der Waals surface area contributed by atoms with Gasteiger partial charge in [-0.1, -0.05) is 41.4 Å². The van der Waals surface area contributed by atoms with Crippen LogP contribution in [0.4, 0.5) is 11.6 Å². The molecule has 0 saturated heterocycles. The van der Waals surface area contributed by atoms with E-state index in [9.17, 15) is 9.59 Å². The molecule has 0 spiro atoms. The summed E-state index contributed by atoms with van der Waals surface area (Å²) in [5, 5.41) is 2.74. The van der Waals surface area contributed by atoms with Gasteiger partial charge in [-0.2, -0.15) is 0 Å². The topological polar surface area (TPSA) is 124 Å². The maximum Gasteiger partial charge on any atom is 0.273 e. The standard InChI is InChI=1S/C21H29ClN6O2/c1-14-7-9-15(10-8-14)16(29)6-4-5-12-28(2,3)13-11-25-21(30)17-19(23)27-20(24)18(22)26-17/h7-10H,4-6,11-13H2,1-3H3,(H4-,23,24,25,27,30)/p+1. The first kappa shape index (κ1) is 23.6. The Bertz CT molecular complexity index is 899. The molecule has 0 aliphatic carbocycles. The summed E-state index contributed by atoms with van der Waals surface area (Å²) in [5.74, 6) is -0.329. The summed E-state index contributed by atoms with van der Waals surface area (Å²) in [5.41, 5.74) is 13.1. The fraction of sp³-hybridized carbons (Fsp3) is 0.429. The van der Waals surface area contributed by atoms with Crippen LogP contribution in [0.2, 0.25) is 5.15 Å². The number of aromatic nitrogens is 2. The Hall–Kier alpha value is -2.71. The van der Waals surface area contributed by atoms with Crippen molar-refractivity contribution in [2.75, 3.05) is 45.2 Å². The van der Waals surface area contributed by atoms with Crippen molar-refractivity contribution in [2.24, 2.45) is 0 Å². The van der Waals surface area contributed by atoms with Gasteiger partial charge in [0.05, 0.1) is 33.7 Å². The number of anilines is 2. The number of nitrogen functional groups attached to an aromatic ring is 2. The van der Waals surface area contributed by atoms with Crippen LogP contribution in [0, 0.1) is 6.92 Å². The van der Waals surface area contributed by atoms with Crippen molar-refractivity contribution in [1.82, 2.24) is 15.3 Å². The first-order valence-electron chi connectivity index (χ1n) is 9.87. The smallest absolute Gasteiger partial charge is 0.273 e. The van der Waals surface area contributed by atoms with Crippen LogP contribution in [0.1, 0.15) is 45.7 Å². The summed E-state index contributed by atoms with van der Waals surface area (Å²) in [6.07, 6.45) is 2.29. The van der Waals surface area contributed by atoms with Crippen LogP contribution >= 0.6 is 11.6 Å². The van der Waals surface area contributed by atoms with Crippen molar-refractivity contribution >= 4 is 34.9 Å². The van der Waals surface area contributed by atoms with E-state index in [2.05, 4.69) is 29.4 Å². The Labute approximate surface area is 182 Å². The van der Waals surface area contributed by atoms with Crippen molar-refractivity contribution in [1.29, 1.82) is 0 Å². The number of hydrogen-bond donors (Lipinski definition) is 3. The molecule has 0 radical (unpaired) electrons. The van der Waals surface area contributed by atoms with Gasteiger partial charge in [-0.05, 0) is 19.8 Å². The molecule has 0 aliphatic rings. The third-order valence-electron chi connectivity index (χ3n) is 4.91. The number of halogens is 1. The van der Waals surface area contributed by atoms with E-state index in [1.165, 1.54) is 0 Å². The van der Waals surface area contributed by atoms with E-state index in [1.54, 1.807) is 0 Å². The van der Waals surface area contributed by atoms with Crippen molar-refractivity contribution in [2.45, 2.75) is 26.2 Å². The van der Waals surface area contributed by atoms with Gasteiger partial charge in [-0.15, -0.1) is 0 Å². The van der Waals surface area contributed by atoms with Crippen molar-refractivity contribution in [3.8, 4) is 0 Å². The lowest BCUT2D eigenvalue weighted by Gasteiger charge is -2.29. The van der Waals surface area contributed by atoms with Crippen LogP contribution in [-0.4, -0.2) is 59.9 Å². The van der Waals surface area contributed by atoms with Gasteiger partial charge < -0.3 is 21.3 Å². The van der Waals surface area contributed by atoms with E-state index in [-0.39, 0.29) is 28.3 Å². The molecule has 0 saturated carbocycles. The molecule has 1 aromatic carbocycles. The molecule has 0 unspecified atom stereocenters.